The summed E-state index contributed by atoms with van der Waals surface area (Å²) in [5, 5.41) is 20.0. The van der Waals surface area contributed by atoms with Gasteiger partial charge in [0.15, 0.2) is 0 Å². The number of carbonyl (C=O) groups is 3. The second kappa shape index (κ2) is 4.93. The minimum atomic E-state index is -1.43. The number of hydrogen-bond acceptors (Lipinski definition) is 3. The van der Waals surface area contributed by atoms with Crippen LogP contribution in [0.2, 0.25) is 0 Å². The Hall–Kier alpha value is -2.63. The third-order valence-corrected chi connectivity index (χ3v) is 1.95. The van der Waals surface area contributed by atoms with Crippen LogP contribution < -0.4 is 5.32 Å². The molecule has 0 heterocycles. The molecule has 0 aromatic heterocycles. The summed E-state index contributed by atoms with van der Waals surface area (Å²) in [5.74, 6) is -3.42. The molecular weight excluding hydrogens is 226 g/mol. The first-order chi connectivity index (χ1) is 7.97. The fourth-order valence-electron chi connectivity index (χ4n) is 1.25. The van der Waals surface area contributed by atoms with Crippen molar-refractivity contribution in [2.45, 2.75) is 0 Å². The molecule has 3 N–H and O–H groups in total. The van der Waals surface area contributed by atoms with E-state index in [4.69, 9.17) is 10.2 Å². The average molecular weight is 235 g/mol. The number of hydrogen-bond donors (Lipinski definition) is 3. The second-order valence-electron chi connectivity index (χ2n) is 3.03. The lowest BCUT2D eigenvalue weighted by atomic mass is 10.1. The normalized spacial score (nSPS) is 9.41. The van der Waals surface area contributed by atoms with Crippen molar-refractivity contribution in [1.82, 2.24) is 0 Å². The number of amides is 1. The Labute approximate surface area is 96.2 Å². The van der Waals surface area contributed by atoms with E-state index in [2.05, 4.69) is 11.9 Å². The Morgan fingerprint density at radius 1 is 1.18 bits per heavy atom. The molecule has 1 amide bonds. The molecule has 0 saturated carbocycles. The third kappa shape index (κ3) is 2.69. The summed E-state index contributed by atoms with van der Waals surface area (Å²) in [6.07, 6.45) is 0.957. The van der Waals surface area contributed by atoms with Gasteiger partial charge in [0.25, 0.3) is 0 Å². The van der Waals surface area contributed by atoms with Crippen molar-refractivity contribution in [1.29, 1.82) is 0 Å². The molecular formula is C11H9NO5. The quantitative estimate of drug-likeness (QED) is 0.680. The van der Waals surface area contributed by atoms with Crippen LogP contribution >= 0.6 is 0 Å². The SMILES string of the molecule is C=CC(=O)Nc1cccc(C(=O)O)c1C(=O)O. The van der Waals surface area contributed by atoms with Gasteiger partial charge in [0.1, 0.15) is 0 Å². The second-order valence-corrected chi connectivity index (χ2v) is 3.03. The van der Waals surface area contributed by atoms with Crippen molar-refractivity contribution >= 4 is 23.5 Å². The minimum Gasteiger partial charge on any atom is -0.478 e. The lowest BCUT2D eigenvalue weighted by Gasteiger charge is -2.08. The van der Waals surface area contributed by atoms with Gasteiger partial charge in [0.2, 0.25) is 5.91 Å². The van der Waals surface area contributed by atoms with E-state index in [1.54, 1.807) is 0 Å². The number of rotatable bonds is 4. The molecule has 0 fully saturated rings. The van der Waals surface area contributed by atoms with Crippen LogP contribution in [0, 0.1) is 0 Å². The van der Waals surface area contributed by atoms with Gasteiger partial charge in [-0.25, -0.2) is 9.59 Å². The molecule has 0 aliphatic rings. The summed E-state index contributed by atoms with van der Waals surface area (Å²) in [6.45, 7) is 3.21. The van der Waals surface area contributed by atoms with E-state index in [0.29, 0.717) is 0 Å². The zero-order valence-corrected chi connectivity index (χ0v) is 8.64. The van der Waals surface area contributed by atoms with E-state index in [1.165, 1.54) is 12.1 Å². The number of anilines is 1. The number of carbonyl (C=O) groups excluding carboxylic acids is 1. The molecule has 6 heteroatoms. The summed E-state index contributed by atoms with van der Waals surface area (Å²) < 4.78 is 0. The van der Waals surface area contributed by atoms with Crippen LogP contribution in [-0.4, -0.2) is 28.1 Å². The van der Waals surface area contributed by atoms with E-state index < -0.39 is 23.4 Å². The van der Waals surface area contributed by atoms with Gasteiger partial charge < -0.3 is 15.5 Å². The minimum absolute atomic E-state index is 0.0812. The highest BCUT2D eigenvalue weighted by molar-refractivity contribution is 6.09. The topological polar surface area (TPSA) is 104 Å². The van der Waals surface area contributed by atoms with E-state index in [0.717, 1.165) is 12.1 Å². The summed E-state index contributed by atoms with van der Waals surface area (Å²) >= 11 is 0. The maximum absolute atomic E-state index is 11.1. The van der Waals surface area contributed by atoms with Gasteiger partial charge in [-0.2, -0.15) is 0 Å². The van der Waals surface area contributed by atoms with Gasteiger partial charge in [-0.1, -0.05) is 12.6 Å². The lowest BCUT2D eigenvalue weighted by Crippen LogP contribution is -2.15. The number of aromatic carboxylic acids is 2. The Bertz CT molecular complexity index is 507. The molecule has 0 spiro atoms. The van der Waals surface area contributed by atoms with Crippen LogP contribution in [0.4, 0.5) is 5.69 Å². The smallest absolute Gasteiger partial charge is 0.338 e. The van der Waals surface area contributed by atoms with Crippen LogP contribution in [0.15, 0.2) is 30.9 Å². The Balaban J connectivity index is 3.34. The Morgan fingerprint density at radius 3 is 2.29 bits per heavy atom. The fourth-order valence-corrected chi connectivity index (χ4v) is 1.25. The van der Waals surface area contributed by atoms with Gasteiger partial charge in [0, 0.05) is 0 Å². The molecule has 1 aromatic carbocycles. The molecule has 0 aliphatic heterocycles. The number of nitrogens with one attached hydrogen (secondary N) is 1. The van der Waals surface area contributed by atoms with Crippen LogP contribution in [0.3, 0.4) is 0 Å². The zero-order valence-electron chi connectivity index (χ0n) is 8.64. The average Bonchev–Trinajstić information content (AvgIpc) is 2.28. The van der Waals surface area contributed by atoms with Gasteiger partial charge >= 0.3 is 11.9 Å². The number of carboxylic acids is 2. The predicted octanol–water partition coefficient (Wildman–Crippen LogP) is 1.21. The summed E-state index contributed by atoms with van der Waals surface area (Å²) in [4.78, 5) is 32.9. The molecule has 1 aromatic rings. The first kappa shape index (κ1) is 12.4. The van der Waals surface area contributed by atoms with Crippen LogP contribution in [0.5, 0.6) is 0 Å². The van der Waals surface area contributed by atoms with Crippen LogP contribution in [0.25, 0.3) is 0 Å². The van der Waals surface area contributed by atoms with Gasteiger partial charge in [0.05, 0.1) is 16.8 Å². The monoisotopic (exact) mass is 235 g/mol. The highest BCUT2D eigenvalue weighted by Crippen LogP contribution is 2.20. The molecule has 88 valence electrons. The largest absolute Gasteiger partial charge is 0.478 e. The van der Waals surface area contributed by atoms with Gasteiger partial charge in [-0.05, 0) is 18.2 Å². The predicted molar refractivity (Wildman–Crippen MR) is 59.2 cm³/mol. The van der Waals surface area contributed by atoms with Crippen molar-refractivity contribution in [3.8, 4) is 0 Å². The third-order valence-electron chi connectivity index (χ3n) is 1.95. The molecule has 0 unspecified atom stereocenters. The van der Waals surface area contributed by atoms with Gasteiger partial charge in [-0.15, -0.1) is 0 Å². The van der Waals surface area contributed by atoms with Crippen molar-refractivity contribution in [2.75, 3.05) is 5.32 Å². The van der Waals surface area contributed by atoms with Crippen molar-refractivity contribution in [3.63, 3.8) is 0 Å². The van der Waals surface area contributed by atoms with Crippen LogP contribution in [0.1, 0.15) is 20.7 Å². The maximum atomic E-state index is 11.1. The van der Waals surface area contributed by atoms with Gasteiger partial charge in [-0.3, -0.25) is 4.79 Å². The Morgan fingerprint density at radius 2 is 1.82 bits per heavy atom. The van der Waals surface area contributed by atoms with Crippen molar-refractivity contribution < 1.29 is 24.6 Å². The van der Waals surface area contributed by atoms with E-state index in [1.807, 2.05) is 0 Å². The maximum Gasteiger partial charge on any atom is 0.338 e. The zero-order chi connectivity index (χ0) is 13.0. The molecule has 0 radical (unpaired) electrons. The molecule has 1 rings (SSSR count). The van der Waals surface area contributed by atoms with E-state index in [-0.39, 0.29) is 11.3 Å². The molecule has 0 saturated heterocycles. The molecule has 6 nitrogen and oxygen atoms in total. The lowest BCUT2D eigenvalue weighted by molar-refractivity contribution is -0.111. The van der Waals surface area contributed by atoms with Crippen LogP contribution in [-0.2, 0) is 4.79 Å². The first-order valence-corrected chi connectivity index (χ1v) is 4.50. The van der Waals surface area contributed by atoms with E-state index in [9.17, 15) is 14.4 Å². The molecule has 17 heavy (non-hydrogen) atoms. The molecule has 0 bridgehead atoms. The fraction of sp³-hybridized carbons (Fsp3) is 0. The molecule has 0 aliphatic carbocycles. The first-order valence-electron chi connectivity index (χ1n) is 4.50. The standard InChI is InChI=1S/C11H9NO5/c1-2-8(13)12-7-5-3-4-6(10(14)15)9(7)11(16)17/h2-5H,1H2,(H,12,13)(H,14,15)(H,16,17). The number of carboxylic acid groups (broad SMARTS) is 2. The summed E-state index contributed by atoms with van der Waals surface area (Å²) in [6, 6.07) is 3.79. The van der Waals surface area contributed by atoms with Crippen molar-refractivity contribution in [2.24, 2.45) is 0 Å². The Kier molecular flexibility index (Phi) is 3.61. The highest BCUT2D eigenvalue weighted by atomic mass is 16.4. The highest BCUT2D eigenvalue weighted by Gasteiger charge is 2.20. The summed E-state index contributed by atoms with van der Waals surface area (Å²) in [5.41, 5.74) is -0.933. The van der Waals surface area contributed by atoms with Crippen molar-refractivity contribution in [3.05, 3.63) is 42.0 Å². The molecule has 0 atom stereocenters. The number of benzene rings is 1. The van der Waals surface area contributed by atoms with E-state index >= 15 is 0 Å². The summed E-state index contributed by atoms with van der Waals surface area (Å²) in [7, 11) is 0.